The fourth-order valence-corrected chi connectivity index (χ4v) is 6.29. The van der Waals surface area contributed by atoms with Crippen molar-refractivity contribution < 1.29 is 19.1 Å². The molecule has 2 unspecified atom stereocenters. The Balaban J connectivity index is 1.58. The number of thioether (sulfide) groups is 1. The predicted molar refractivity (Wildman–Crippen MR) is 161 cm³/mol. The van der Waals surface area contributed by atoms with Crippen molar-refractivity contribution in [1.82, 2.24) is 15.1 Å². The van der Waals surface area contributed by atoms with Crippen molar-refractivity contribution in [2.75, 3.05) is 24.0 Å². The van der Waals surface area contributed by atoms with E-state index in [9.17, 15) is 9.59 Å². The summed E-state index contributed by atoms with van der Waals surface area (Å²) in [6, 6.07) is 23.9. The van der Waals surface area contributed by atoms with Crippen molar-refractivity contribution in [1.29, 1.82) is 0 Å². The van der Waals surface area contributed by atoms with Crippen LogP contribution in [0, 0.1) is 6.92 Å². The number of hydrogen-bond donors (Lipinski definition) is 1. The van der Waals surface area contributed by atoms with E-state index >= 15 is 0 Å². The van der Waals surface area contributed by atoms with Gasteiger partial charge < -0.3 is 14.8 Å². The monoisotopic (exact) mass is 568 g/mol. The average molecular weight is 569 g/mol. The second-order valence-electron chi connectivity index (χ2n) is 10.4. The number of fused-ring (bicyclic) bond motifs is 2. The van der Waals surface area contributed by atoms with Crippen LogP contribution in [0.4, 0.5) is 5.82 Å². The largest absolute Gasteiger partial charge is 0.454 e. The van der Waals surface area contributed by atoms with Crippen LogP contribution in [0.15, 0.2) is 72.8 Å². The second kappa shape index (κ2) is 11.3. The number of amides is 2. The Morgan fingerprint density at radius 2 is 1.83 bits per heavy atom. The number of anilines is 1. The number of rotatable bonds is 7. The maximum absolute atomic E-state index is 13.9. The minimum Gasteiger partial charge on any atom is -0.454 e. The molecule has 0 bridgehead atoms. The zero-order valence-electron chi connectivity index (χ0n) is 23.3. The molecule has 3 aromatic carbocycles. The molecule has 2 atom stereocenters. The van der Waals surface area contributed by atoms with Gasteiger partial charge in [0.25, 0.3) is 0 Å². The van der Waals surface area contributed by atoms with Crippen LogP contribution in [0.1, 0.15) is 42.2 Å². The number of nitrogens with zero attached hydrogens (tertiary/aromatic N) is 3. The fourth-order valence-electron chi connectivity index (χ4n) is 5.10. The van der Waals surface area contributed by atoms with E-state index in [-0.39, 0.29) is 42.2 Å². The number of hydrogen-bond acceptors (Lipinski definition) is 6. The lowest BCUT2D eigenvalue weighted by atomic mass is 9.99. The molecule has 9 heteroatoms. The number of aryl methyl sites for hydroxylation is 1. The van der Waals surface area contributed by atoms with E-state index in [0.717, 1.165) is 40.1 Å². The summed E-state index contributed by atoms with van der Waals surface area (Å²) in [5.41, 5.74) is 5.47. The third-order valence-corrected chi connectivity index (χ3v) is 8.69. The number of carbonyl (C=O) groups excluding carboxylic acids is 2. The molecule has 3 heterocycles. The highest BCUT2D eigenvalue weighted by Crippen LogP contribution is 2.50. The highest BCUT2D eigenvalue weighted by molar-refractivity contribution is 8.00. The standard InChI is InChI=1S/C32H32N4O4S/c1-4-21(3)33-27(37)17-35-28(38)18-41-31(23-12-15-25-26(16-23)40-19-39-25)29-30(22-8-6-5-7-9-22)34-36(32(29)35)24-13-10-20(2)11-14-24/h5-16,21,31H,4,17-19H2,1-3H3,(H,33,37). The lowest BCUT2D eigenvalue weighted by Gasteiger charge is -2.24. The Hall–Kier alpha value is -4.24. The minimum absolute atomic E-state index is 0.00157. The van der Waals surface area contributed by atoms with Crippen molar-refractivity contribution in [2.45, 2.75) is 38.5 Å². The van der Waals surface area contributed by atoms with Gasteiger partial charge in [0.1, 0.15) is 12.4 Å². The maximum Gasteiger partial charge on any atom is 0.240 e. The van der Waals surface area contributed by atoms with Gasteiger partial charge >= 0.3 is 0 Å². The molecule has 210 valence electrons. The van der Waals surface area contributed by atoms with Gasteiger partial charge in [0, 0.05) is 17.2 Å². The Labute approximate surface area is 243 Å². The molecule has 0 spiro atoms. The van der Waals surface area contributed by atoms with Crippen LogP contribution >= 0.6 is 11.8 Å². The number of nitrogens with one attached hydrogen (secondary N) is 1. The first-order valence-corrected chi connectivity index (χ1v) is 14.8. The van der Waals surface area contributed by atoms with E-state index in [4.69, 9.17) is 14.6 Å². The summed E-state index contributed by atoms with van der Waals surface area (Å²) in [5, 5.41) is 7.92. The van der Waals surface area contributed by atoms with Crippen LogP contribution in [0.25, 0.3) is 16.9 Å². The molecule has 0 fully saturated rings. The second-order valence-corrected chi connectivity index (χ2v) is 11.5. The first kappa shape index (κ1) is 27.0. The smallest absolute Gasteiger partial charge is 0.240 e. The van der Waals surface area contributed by atoms with Crippen LogP contribution in [-0.2, 0) is 9.59 Å². The molecular formula is C32H32N4O4S. The molecule has 41 heavy (non-hydrogen) atoms. The van der Waals surface area contributed by atoms with Gasteiger partial charge in [-0.1, -0.05) is 61.0 Å². The van der Waals surface area contributed by atoms with Crippen LogP contribution in [0.2, 0.25) is 0 Å². The van der Waals surface area contributed by atoms with Gasteiger partial charge in [0.15, 0.2) is 11.5 Å². The zero-order valence-corrected chi connectivity index (χ0v) is 24.1. The number of benzene rings is 3. The van der Waals surface area contributed by atoms with Gasteiger partial charge in [-0.05, 0) is 50.1 Å². The molecule has 1 N–H and O–H groups in total. The van der Waals surface area contributed by atoms with Gasteiger partial charge in [-0.25, -0.2) is 4.68 Å². The first-order chi connectivity index (χ1) is 19.9. The lowest BCUT2D eigenvalue weighted by molar-refractivity contribution is -0.123. The fraction of sp³-hybridized carbons (Fsp3) is 0.281. The highest BCUT2D eigenvalue weighted by Gasteiger charge is 2.38. The molecule has 8 nitrogen and oxygen atoms in total. The molecule has 2 amide bonds. The van der Waals surface area contributed by atoms with Gasteiger partial charge in [0.2, 0.25) is 18.6 Å². The number of ether oxygens (including phenoxy) is 2. The molecular weight excluding hydrogens is 536 g/mol. The van der Waals surface area contributed by atoms with Gasteiger partial charge in [-0.15, -0.1) is 11.8 Å². The number of aromatic nitrogens is 2. The quantitative estimate of drug-likeness (QED) is 0.310. The molecule has 0 saturated heterocycles. The third-order valence-electron chi connectivity index (χ3n) is 7.44. The van der Waals surface area contributed by atoms with E-state index in [1.807, 2.05) is 98.2 Å². The normalized spacial score (nSPS) is 16.7. The number of carbonyl (C=O) groups is 2. The summed E-state index contributed by atoms with van der Waals surface area (Å²) in [6.45, 7) is 6.09. The molecule has 2 aliphatic heterocycles. The van der Waals surface area contributed by atoms with Gasteiger partial charge in [-0.3, -0.25) is 14.5 Å². The van der Waals surface area contributed by atoms with Crippen LogP contribution < -0.4 is 19.7 Å². The molecule has 4 aromatic rings. The molecule has 1 aromatic heterocycles. The molecule has 0 aliphatic carbocycles. The molecule has 0 saturated carbocycles. The minimum atomic E-state index is -0.250. The molecule has 6 rings (SSSR count). The maximum atomic E-state index is 13.9. The Kier molecular flexibility index (Phi) is 7.45. The van der Waals surface area contributed by atoms with Crippen LogP contribution in [0.5, 0.6) is 11.5 Å². The Morgan fingerprint density at radius 1 is 1.07 bits per heavy atom. The first-order valence-electron chi connectivity index (χ1n) is 13.8. The van der Waals surface area contributed by atoms with Gasteiger partial charge in [0.05, 0.1) is 22.4 Å². The summed E-state index contributed by atoms with van der Waals surface area (Å²) >= 11 is 1.53. The Morgan fingerprint density at radius 3 is 2.59 bits per heavy atom. The van der Waals surface area contributed by atoms with Crippen molar-refractivity contribution in [2.24, 2.45) is 0 Å². The summed E-state index contributed by atoms with van der Waals surface area (Å²) in [5.74, 6) is 1.83. The topological polar surface area (TPSA) is 85.7 Å². The summed E-state index contributed by atoms with van der Waals surface area (Å²) in [4.78, 5) is 28.7. The van der Waals surface area contributed by atoms with E-state index in [2.05, 4.69) is 5.32 Å². The van der Waals surface area contributed by atoms with Crippen LogP contribution in [-0.4, -0.2) is 46.7 Å². The Bertz CT molecular complexity index is 1590. The SMILES string of the molecule is CCC(C)NC(=O)CN1C(=O)CSC(c2ccc3c(c2)OCO3)c2c(-c3ccccc3)nn(-c3ccc(C)cc3)c21. The van der Waals surface area contributed by atoms with E-state index in [0.29, 0.717) is 17.3 Å². The average Bonchev–Trinajstić information content (AvgIpc) is 3.58. The van der Waals surface area contributed by atoms with E-state index in [1.54, 1.807) is 4.90 Å². The van der Waals surface area contributed by atoms with E-state index in [1.165, 1.54) is 11.8 Å². The summed E-state index contributed by atoms with van der Waals surface area (Å²) < 4.78 is 13.1. The van der Waals surface area contributed by atoms with Crippen molar-refractivity contribution in [3.8, 4) is 28.4 Å². The van der Waals surface area contributed by atoms with E-state index < -0.39 is 0 Å². The van der Waals surface area contributed by atoms with Gasteiger partial charge in [-0.2, -0.15) is 5.10 Å². The molecule has 0 radical (unpaired) electrons. The van der Waals surface area contributed by atoms with Crippen LogP contribution in [0.3, 0.4) is 0 Å². The molecule has 2 aliphatic rings. The predicted octanol–water partition coefficient (Wildman–Crippen LogP) is 5.66. The van der Waals surface area contributed by atoms with Crippen molar-refractivity contribution >= 4 is 29.4 Å². The van der Waals surface area contributed by atoms with Crippen molar-refractivity contribution in [3.05, 3.63) is 89.5 Å². The van der Waals surface area contributed by atoms with Crippen molar-refractivity contribution in [3.63, 3.8) is 0 Å². The summed E-state index contributed by atoms with van der Waals surface area (Å²) in [6.07, 6.45) is 0.798. The third kappa shape index (κ3) is 5.29. The highest BCUT2D eigenvalue weighted by atomic mass is 32.2. The lowest BCUT2D eigenvalue weighted by Crippen LogP contribution is -2.44. The summed E-state index contributed by atoms with van der Waals surface area (Å²) in [7, 11) is 0. The zero-order chi connectivity index (χ0) is 28.5.